The Hall–Kier alpha value is -1.78. The molecule has 5 heteroatoms. The maximum Gasteiger partial charge on any atom is 0.374 e. The second-order valence-corrected chi connectivity index (χ2v) is 2.79. The zero-order valence-electron chi connectivity index (χ0n) is 8.61. The van der Waals surface area contributed by atoms with Crippen molar-refractivity contribution in [3.8, 4) is 0 Å². The van der Waals surface area contributed by atoms with Gasteiger partial charge in [0.05, 0.1) is 13.7 Å². The highest BCUT2D eigenvalue weighted by molar-refractivity contribution is 5.90. The number of esters is 2. The average molecular weight is 212 g/mol. The summed E-state index contributed by atoms with van der Waals surface area (Å²) in [4.78, 5) is 22.3. The zero-order valence-corrected chi connectivity index (χ0v) is 8.61. The van der Waals surface area contributed by atoms with Crippen molar-refractivity contribution in [1.82, 2.24) is 0 Å². The summed E-state index contributed by atoms with van der Waals surface area (Å²) < 4.78 is 14.2. The van der Waals surface area contributed by atoms with Gasteiger partial charge in [0.1, 0.15) is 0 Å². The largest absolute Gasteiger partial charge is 0.463 e. The van der Waals surface area contributed by atoms with Gasteiger partial charge < -0.3 is 13.9 Å². The van der Waals surface area contributed by atoms with Gasteiger partial charge in [0.2, 0.25) is 11.5 Å². The molecule has 0 saturated heterocycles. The van der Waals surface area contributed by atoms with Crippen LogP contribution in [0.4, 0.5) is 0 Å². The van der Waals surface area contributed by atoms with Crippen molar-refractivity contribution in [3.63, 3.8) is 0 Å². The molecule has 0 spiro atoms. The first kappa shape index (κ1) is 11.3. The Kier molecular flexibility index (Phi) is 3.91. The van der Waals surface area contributed by atoms with Crippen molar-refractivity contribution in [2.24, 2.45) is 0 Å². The molecule has 1 rings (SSSR count). The summed E-state index contributed by atoms with van der Waals surface area (Å²) in [5.74, 6) is -1.21. The zero-order chi connectivity index (χ0) is 11.3. The van der Waals surface area contributed by atoms with Crippen LogP contribution in [0.15, 0.2) is 16.5 Å². The summed E-state index contributed by atoms with van der Waals surface area (Å²) >= 11 is 0. The van der Waals surface area contributed by atoms with E-state index < -0.39 is 11.9 Å². The smallest absolute Gasteiger partial charge is 0.374 e. The normalized spacial score (nSPS) is 9.73. The van der Waals surface area contributed by atoms with Crippen LogP contribution < -0.4 is 0 Å². The predicted octanol–water partition coefficient (Wildman–Crippen LogP) is 1.63. The van der Waals surface area contributed by atoms with Crippen molar-refractivity contribution in [3.05, 3.63) is 23.7 Å². The highest BCUT2D eigenvalue weighted by Gasteiger charge is 2.16. The van der Waals surface area contributed by atoms with Crippen LogP contribution in [0.5, 0.6) is 0 Å². The number of carbonyl (C=O) groups excluding carboxylic acids is 2. The van der Waals surface area contributed by atoms with Crippen LogP contribution in [-0.4, -0.2) is 25.7 Å². The van der Waals surface area contributed by atoms with Crippen LogP contribution in [-0.2, 0) is 9.47 Å². The maximum atomic E-state index is 11.3. The Morgan fingerprint density at radius 2 is 1.87 bits per heavy atom. The lowest BCUT2D eigenvalue weighted by atomic mass is 10.4. The molecule has 0 atom stereocenters. The summed E-state index contributed by atoms with van der Waals surface area (Å²) in [5.41, 5.74) is 0. The molecule has 1 heterocycles. The van der Waals surface area contributed by atoms with Gasteiger partial charge in [-0.25, -0.2) is 9.59 Å². The third-order valence-corrected chi connectivity index (χ3v) is 1.63. The molecule has 1 aromatic heterocycles. The summed E-state index contributed by atoms with van der Waals surface area (Å²) in [5, 5.41) is 0. The first-order valence-corrected chi connectivity index (χ1v) is 4.54. The van der Waals surface area contributed by atoms with Crippen molar-refractivity contribution in [2.45, 2.75) is 13.3 Å². The lowest BCUT2D eigenvalue weighted by Crippen LogP contribution is -2.05. The van der Waals surface area contributed by atoms with E-state index in [1.807, 2.05) is 6.92 Å². The Morgan fingerprint density at radius 3 is 2.40 bits per heavy atom. The SMILES string of the molecule is CCCOC(=O)c1ccc(C(=O)OC)o1. The summed E-state index contributed by atoms with van der Waals surface area (Å²) in [6.07, 6.45) is 0.732. The van der Waals surface area contributed by atoms with E-state index >= 15 is 0 Å². The molecule has 0 aliphatic heterocycles. The van der Waals surface area contributed by atoms with E-state index in [1.54, 1.807) is 0 Å². The molecule has 0 radical (unpaired) electrons. The van der Waals surface area contributed by atoms with E-state index in [9.17, 15) is 9.59 Å². The molecule has 82 valence electrons. The topological polar surface area (TPSA) is 65.7 Å². The van der Waals surface area contributed by atoms with Gasteiger partial charge in [-0.05, 0) is 18.6 Å². The number of furan rings is 1. The molecule has 0 amide bonds. The fourth-order valence-corrected chi connectivity index (χ4v) is 0.924. The van der Waals surface area contributed by atoms with E-state index in [0.29, 0.717) is 6.61 Å². The lowest BCUT2D eigenvalue weighted by molar-refractivity contribution is 0.0458. The highest BCUT2D eigenvalue weighted by atomic mass is 16.6. The van der Waals surface area contributed by atoms with Crippen molar-refractivity contribution < 1.29 is 23.5 Å². The molecule has 0 unspecified atom stereocenters. The van der Waals surface area contributed by atoms with Gasteiger partial charge in [0.15, 0.2) is 0 Å². The number of rotatable bonds is 4. The summed E-state index contributed by atoms with van der Waals surface area (Å²) in [6, 6.07) is 2.75. The second-order valence-electron chi connectivity index (χ2n) is 2.79. The second kappa shape index (κ2) is 5.19. The molecule has 0 saturated carbocycles. The fraction of sp³-hybridized carbons (Fsp3) is 0.400. The number of ether oxygens (including phenoxy) is 2. The number of hydrogen-bond donors (Lipinski definition) is 0. The Labute approximate surface area is 87.0 Å². The first-order chi connectivity index (χ1) is 7.19. The summed E-state index contributed by atoms with van der Waals surface area (Å²) in [6.45, 7) is 2.21. The lowest BCUT2D eigenvalue weighted by Gasteiger charge is -1.98. The van der Waals surface area contributed by atoms with Crippen molar-refractivity contribution >= 4 is 11.9 Å². The van der Waals surface area contributed by atoms with Gasteiger partial charge >= 0.3 is 11.9 Å². The van der Waals surface area contributed by atoms with Crippen molar-refractivity contribution in [1.29, 1.82) is 0 Å². The van der Waals surface area contributed by atoms with Crippen molar-refractivity contribution in [2.75, 3.05) is 13.7 Å². The third-order valence-electron chi connectivity index (χ3n) is 1.63. The average Bonchev–Trinajstić information content (AvgIpc) is 2.74. The van der Waals surface area contributed by atoms with E-state index in [-0.39, 0.29) is 11.5 Å². The van der Waals surface area contributed by atoms with Gasteiger partial charge in [-0.1, -0.05) is 6.92 Å². The van der Waals surface area contributed by atoms with Crippen LogP contribution >= 0.6 is 0 Å². The maximum absolute atomic E-state index is 11.3. The fourth-order valence-electron chi connectivity index (χ4n) is 0.924. The quantitative estimate of drug-likeness (QED) is 0.709. The highest BCUT2D eigenvalue weighted by Crippen LogP contribution is 2.10. The summed E-state index contributed by atoms with van der Waals surface area (Å²) in [7, 11) is 1.24. The molecule has 15 heavy (non-hydrogen) atoms. The van der Waals surface area contributed by atoms with Gasteiger partial charge in [-0.3, -0.25) is 0 Å². The minimum Gasteiger partial charge on any atom is -0.463 e. The molecule has 0 aliphatic rings. The first-order valence-electron chi connectivity index (χ1n) is 4.54. The van der Waals surface area contributed by atoms with Crippen LogP contribution in [0, 0.1) is 0 Å². The minimum absolute atomic E-state index is 0.00356. The molecule has 0 bridgehead atoms. The Morgan fingerprint density at radius 1 is 1.27 bits per heavy atom. The van der Waals surface area contributed by atoms with Gasteiger partial charge in [0.25, 0.3) is 0 Å². The monoisotopic (exact) mass is 212 g/mol. The van der Waals surface area contributed by atoms with Gasteiger partial charge in [-0.2, -0.15) is 0 Å². The molecule has 0 aromatic carbocycles. The van der Waals surface area contributed by atoms with Crippen LogP contribution in [0.25, 0.3) is 0 Å². The molecule has 0 N–H and O–H groups in total. The number of carbonyl (C=O) groups is 2. The molecular weight excluding hydrogens is 200 g/mol. The minimum atomic E-state index is -0.621. The molecule has 5 nitrogen and oxygen atoms in total. The van der Waals surface area contributed by atoms with Crippen LogP contribution in [0.2, 0.25) is 0 Å². The van der Waals surface area contributed by atoms with E-state index in [2.05, 4.69) is 4.74 Å². The molecule has 1 aromatic rings. The van der Waals surface area contributed by atoms with Gasteiger partial charge in [-0.15, -0.1) is 0 Å². The molecule has 0 fully saturated rings. The molecular formula is C10H12O5. The standard InChI is InChI=1S/C10H12O5/c1-3-6-14-10(12)8-5-4-7(15-8)9(11)13-2/h4-5H,3,6H2,1-2H3. The van der Waals surface area contributed by atoms with Crippen LogP contribution in [0.3, 0.4) is 0 Å². The van der Waals surface area contributed by atoms with E-state index in [4.69, 9.17) is 9.15 Å². The number of methoxy groups -OCH3 is 1. The Bertz CT molecular complexity index is 352. The van der Waals surface area contributed by atoms with Crippen LogP contribution in [0.1, 0.15) is 34.5 Å². The number of hydrogen-bond acceptors (Lipinski definition) is 5. The Balaban J connectivity index is 2.67. The van der Waals surface area contributed by atoms with E-state index in [0.717, 1.165) is 6.42 Å². The van der Waals surface area contributed by atoms with E-state index in [1.165, 1.54) is 19.2 Å². The van der Waals surface area contributed by atoms with Gasteiger partial charge in [0, 0.05) is 0 Å². The predicted molar refractivity (Wildman–Crippen MR) is 50.6 cm³/mol. The third kappa shape index (κ3) is 2.83. The molecule has 0 aliphatic carbocycles.